The van der Waals surface area contributed by atoms with E-state index >= 15 is 0 Å². The highest BCUT2D eigenvalue weighted by atomic mass is 16.5. The molecular formula is C47H54N10O11. The van der Waals surface area contributed by atoms with Crippen molar-refractivity contribution in [1.29, 1.82) is 0 Å². The molecule has 21 heteroatoms. The number of piperidine rings is 1. The van der Waals surface area contributed by atoms with Gasteiger partial charge in [-0.25, -0.2) is 9.97 Å². The predicted octanol–water partition coefficient (Wildman–Crippen LogP) is 2.39. The van der Waals surface area contributed by atoms with Gasteiger partial charge in [0.25, 0.3) is 23.6 Å². The molecule has 358 valence electrons. The van der Waals surface area contributed by atoms with E-state index in [0.29, 0.717) is 87.6 Å². The number of ether oxygens (including phenoxy) is 4. The van der Waals surface area contributed by atoms with E-state index in [2.05, 4.69) is 46.9 Å². The van der Waals surface area contributed by atoms with E-state index in [0.717, 1.165) is 28.6 Å². The standard InChI is InChI=1S/C47H54N10O11/c58-40-13-11-36(45(62)56-40)57-46(63)32-2-1-3-37(42(32)47(57)64)68-27-41(59)49-16-18-65-20-22-67-23-21-66-19-17-50-43(60)28-4-7-31(8-5-28)53-44(61)33-26-51-39(24-35(33)52-30-9-10-30)55-38-12-6-29-25-48-15-14-34(29)54-38/h1-3,6,12,14-15,24-26,28,30-31,36H,4-5,7-11,13,16-23,27H2,(H,49,59)(H,50,60)(H,53,61)(H,56,58,62)(H2,51,52,54,55). The Balaban J connectivity index is 0.637. The number of carbonyl (C=O) groups excluding carboxylic acids is 7. The van der Waals surface area contributed by atoms with Crippen LogP contribution >= 0.6 is 0 Å². The fourth-order valence-electron chi connectivity index (χ4n) is 8.19. The minimum absolute atomic E-state index is 0.000824. The van der Waals surface area contributed by atoms with Crippen LogP contribution in [0.2, 0.25) is 0 Å². The van der Waals surface area contributed by atoms with Gasteiger partial charge in [0.1, 0.15) is 23.4 Å². The summed E-state index contributed by atoms with van der Waals surface area (Å²) in [6.45, 7) is 1.95. The lowest BCUT2D eigenvalue weighted by Gasteiger charge is -2.28. The Kier molecular flexibility index (Phi) is 15.7. The quantitative estimate of drug-likeness (QED) is 0.0461. The monoisotopic (exact) mass is 934 g/mol. The van der Waals surface area contributed by atoms with Gasteiger partial charge in [-0.05, 0) is 75.3 Å². The van der Waals surface area contributed by atoms with E-state index in [-0.39, 0.29) is 73.3 Å². The molecule has 1 saturated heterocycles. The molecule has 4 aromatic rings. The third kappa shape index (κ3) is 12.3. The third-order valence-corrected chi connectivity index (χ3v) is 11.9. The molecule has 2 aliphatic carbocycles. The van der Waals surface area contributed by atoms with Gasteiger partial charge in [-0.2, -0.15) is 0 Å². The van der Waals surface area contributed by atoms with Crippen LogP contribution in [-0.4, -0.2) is 139 Å². The minimum Gasteiger partial charge on any atom is -0.483 e. The lowest BCUT2D eigenvalue weighted by Crippen LogP contribution is -2.54. The molecule has 4 aliphatic rings. The highest BCUT2D eigenvalue weighted by molar-refractivity contribution is 6.24. The van der Waals surface area contributed by atoms with E-state index in [9.17, 15) is 33.6 Å². The topological polar surface area (TPSA) is 270 Å². The van der Waals surface area contributed by atoms with Gasteiger partial charge in [0.05, 0.1) is 67.5 Å². The van der Waals surface area contributed by atoms with Crippen molar-refractivity contribution in [2.75, 3.05) is 70.0 Å². The van der Waals surface area contributed by atoms with E-state index in [1.807, 2.05) is 24.3 Å². The molecule has 3 aromatic heterocycles. The fourth-order valence-corrected chi connectivity index (χ4v) is 8.19. The van der Waals surface area contributed by atoms with Gasteiger partial charge >= 0.3 is 0 Å². The molecule has 1 aromatic carbocycles. The summed E-state index contributed by atoms with van der Waals surface area (Å²) in [4.78, 5) is 103. The normalized spacial score (nSPS) is 19.0. The number of anilines is 3. The molecule has 1 unspecified atom stereocenters. The molecular weight excluding hydrogens is 881 g/mol. The van der Waals surface area contributed by atoms with Crippen LogP contribution < -0.4 is 36.6 Å². The molecule has 68 heavy (non-hydrogen) atoms. The second kappa shape index (κ2) is 22.6. The first-order valence-corrected chi connectivity index (χ1v) is 22.9. The van der Waals surface area contributed by atoms with Crippen molar-refractivity contribution >= 4 is 69.6 Å². The summed E-state index contributed by atoms with van der Waals surface area (Å²) in [6.07, 6.45) is 9.86. The van der Waals surface area contributed by atoms with Gasteiger partial charge in [-0.15, -0.1) is 0 Å². The first-order chi connectivity index (χ1) is 33.1. The molecule has 6 N–H and O–H groups in total. The third-order valence-electron chi connectivity index (χ3n) is 11.9. The average molecular weight is 935 g/mol. The number of amides is 7. The van der Waals surface area contributed by atoms with Crippen LogP contribution in [0.4, 0.5) is 17.3 Å². The molecule has 8 rings (SSSR count). The van der Waals surface area contributed by atoms with Crippen LogP contribution in [0.5, 0.6) is 5.75 Å². The number of nitrogens with zero attached hydrogens (tertiary/aromatic N) is 4. The lowest BCUT2D eigenvalue weighted by molar-refractivity contribution is -0.136. The Bertz CT molecular complexity index is 2530. The number of imide groups is 2. The molecule has 0 bridgehead atoms. The highest BCUT2D eigenvalue weighted by Crippen LogP contribution is 2.34. The Morgan fingerprint density at radius 1 is 0.765 bits per heavy atom. The van der Waals surface area contributed by atoms with E-state index < -0.39 is 42.2 Å². The molecule has 2 saturated carbocycles. The van der Waals surface area contributed by atoms with Gasteiger partial charge in [-0.3, -0.25) is 48.8 Å². The van der Waals surface area contributed by atoms with Crippen molar-refractivity contribution < 1.29 is 52.5 Å². The van der Waals surface area contributed by atoms with Crippen LogP contribution in [0.15, 0.2) is 61.1 Å². The van der Waals surface area contributed by atoms with E-state index in [1.54, 1.807) is 18.6 Å². The van der Waals surface area contributed by atoms with Crippen LogP contribution in [0.3, 0.4) is 0 Å². The summed E-state index contributed by atoms with van der Waals surface area (Å²) in [5.74, 6) is -2.17. The average Bonchev–Trinajstić information content (AvgIpc) is 4.12. The Hall–Kier alpha value is -7.10. The Morgan fingerprint density at radius 2 is 1.50 bits per heavy atom. The minimum atomic E-state index is -1.11. The summed E-state index contributed by atoms with van der Waals surface area (Å²) in [5, 5.41) is 18.6. The summed E-state index contributed by atoms with van der Waals surface area (Å²) in [7, 11) is 0. The molecule has 1 atom stereocenters. The highest BCUT2D eigenvalue weighted by Gasteiger charge is 2.46. The van der Waals surface area contributed by atoms with Crippen molar-refractivity contribution in [3.63, 3.8) is 0 Å². The summed E-state index contributed by atoms with van der Waals surface area (Å²) < 4.78 is 22.2. The number of hydrogen-bond acceptors (Lipinski definition) is 16. The van der Waals surface area contributed by atoms with Gasteiger partial charge < -0.3 is 45.5 Å². The van der Waals surface area contributed by atoms with Crippen molar-refractivity contribution in [3.05, 3.63) is 77.7 Å². The van der Waals surface area contributed by atoms with Crippen LogP contribution in [0.1, 0.15) is 82.4 Å². The van der Waals surface area contributed by atoms with Crippen LogP contribution in [0, 0.1) is 5.92 Å². The second-order valence-electron chi connectivity index (χ2n) is 16.8. The zero-order chi connectivity index (χ0) is 47.4. The second-order valence-corrected chi connectivity index (χ2v) is 16.8. The number of pyridine rings is 3. The van der Waals surface area contributed by atoms with Crippen molar-refractivity contribution in [2.24, 2.45) is 5.92 Å². The number of hydrogen-bond donors (Lipinski definition) is 6. The van der Waals surface area contributed by atoms with Gasteiger partial charge in [0.2, 0.25) is 17.7 Å². The van der Waals surface area contributed by atoms with E-state index in [4.69, 9.17) is 18.9 Å². The van der Waals surface area contributed by atoms with Crippen molar-refractivity contribution in [2.45, 2.75) is 69.5 Å². The fraction of sp³-hybridized carbons (Fsp3) is 0.447. The number of benzene rings is 1. The first kappa shape index (κ1) is 47.4. The summed E-state index contributed by atoms with van der Waals surface area (Å²) >= 11 is 0. The Morgan fingerprint density at radius 3 is 2.25 bits per heavy atom. The van der Waals surface area contributed by atoms with E-state index in [1.165, 1.54) is 18.2 Å². The maximum absolute atomic E-state index is 13.5. The number of nitrogens with one attached hydrogen (secondary N) is 6. The smallest absolute Gasteiger partial charge is 0.266 e. The SMILES string of the molecule is O=C(COc1cccc2c1C(=O)N(C1CCC(=O)NC1=O)C2=O)NCCOCCOCCOCCNC(=O)C1CCC(NC(=O)c2cnc(Nc3ccc4cnccc4n3)cc2NC2CC2)CC1. The summed E-state index contributed by atoms with van der Waals surface area (Å²) in [5.41, 5.74) is 2.01. The number of fused-ring (bicyclic) bond motifs is 2. The number of aromatic nitrogens is 3. The maximum Gasteiger partial charge on any atom is 0.266 e. The zero-order valence-electron chi connectivity index (χ0n) is 37.4. The van der Waals surface area contributed by atoms with Gasteiger partial charge in [0.15, 0.2) is 6.61 Å². The molecule has 0 radical (unpaired) electrons. The molecule has 21 nitrogen and oxygen atoms in total. The maximum atomic E-state index is 13.5. The largest absolute Gasteiger partial charge is 0.483 e. The Labute approximate surface area is 391 Å². The number of rotatable bonds is 23. The zero-order valence-corrected chi connectivity index (χ0v) is 37.4. The van der Waals surface area contributed by atoms with Crippen LogP contribution in [0.25, 0.3) is 10.9 Å². The number of carbonyl (C=O) groups is 7. The molecule has 0 spiro atoms. The summed E-state index contributed by atoms with van der Waals surface area (Å²) in [6, 6.07) is 11.1. The molecule has 2 aliphatic heterocycles. The first-order valence-electron chi connectivity index (χ1n) is 22.9. The van der Waals surface area contributed by atoms with Crippen LogP contribution in [-0.2, 0) is 33.4 Å². The van der Waals surface area contributed by atoms with Crippen molar-refractivity contribution in [3.8, 4) is 5.75 Å². The lowest BCUT2D eigenvalue weighted by atomic mass is 9.85. The van der Waals surface area contributed by atoms with Gasteiger partial charge in [0, 0.05) is 67.6 Å². The molecule has 5 heterocycles. The van der Waals surface area contributed by atoms with Gasteiger partial charge in [-0.1, -0.05) is 6.07 Å². The molecule has 7 amide bonds. The molecule has 3 fully saturated rings. The predicted molar refractivity (Wildman–Crippen MR) is 244 cm³/mol. The van der Waals surface area contributed by atoms with Crippen molar-refractivity contribution in [1.82, 2.24) is 41.1 Å².